The summed E-state index contributed by atoms with van der Waals surface area (Å²) in [5, 5.41) is 16.4. The first-order valence-corrected chi connectivity index (χ1v) is 8.38. The third-order valence-electron chi connectivity index (χ3n) is 4.06. The predicted molar refractivity (Wildman–Crippen MR) is 100 cm³/mol. The van der Waals surface area contributed by atoms with E-state index in [9.17, 15) is 14.7 Å². The number of methoxy groups -OCH3 is 1. The first-order valence-electron chi connectivity index (χ1n) is 8.38. The summed E-state index contributed by atoms with van der Waals surface area (Å²) < 4.78 is 6.64. The molecule has 1 aromatic heterocycles. The number of para-hydroxylation sites is 1. The average molecular weight is 365 g/mol. The number of carboxylic acids is 1. The molecule has 0 fully saturated rings. The molecule has 0 aliphatic heterocycles. The highest BCUT2D eigenvalue weighted by Gasteiger charge is 2.18. The largest absolute Gasteiger partial charge is 0.497 e. The number of aromatic carboxylic acids is 1. The van der Waals surface area contributed by atoms with Gasteiger partial charge in [0.2, 0.25) is 5.91 Å². The molecule has 7 nitrogen and oxygen atoms in total. The number of aromatic nitrogens is 2. The van der Waals surface area contributed by atoms with Crippen LogP contribution in [0, 0.1) is 0 Å². The van der Waals surface area contributed by atoms with E-state index >= 15 is 0 Å². The van der Waals surface area contributed by atoms with Crippen LogP contribution in [0.15, 0.2) is 60.8 Å². The molecule has 2 aromatic carbocycles. The minimum atomic E-state index is -1.07. The highest BCUT2D eigenvalue weighted by molar-refractivity contribution is 5.92. The van der Waals surface area contributed by atoms with E-state index in [1.165, 1.54) is 6.20 Å². The van der Waals surface area contributed by atoms with Gasteiger partial charge in [0, 0.05) is 12.1 Å². The molecule has 3 rings (SSSR count). The van der Waals surface area contributed by atoms with E-state index in [1.807, 2.05) is 30.3 Å². The number of amides is 1. The van der Waals surface area contributed by atoms with Crippen LogP contribution in [0.4, 0.5) is 5.69 Å². The number of nitrogens with one attached hydrogen (secondary N) is 1. The Balaban J connectivity index is 1.73. The maximum atomic E-state index is 12.3. The summed E-state index contributed by atoms with van der Waals surface area (Å²) in [6.07, 6.45) is 1.69. The van der Waals surface area contributed by atoms with Gasteiger partial charge in [0.15, 0.2) is 0 Å². The molecule has 0 saturated heterocycles. The van der Waals surface area contributed by atoms with Gasteiger partial charge in [-0.25, -0.2) is 9.48 Å². The number of ether oxygens (including phenoxy) is 1. The number of carbonyl (C=O) groups excluding carboxylic acids is 1. The number of carbonyl (C=O) groups is 2. The Bertz CT molecular complexity index is 934. The van der Waals surface area contributed by atoms with Crippen molar-refractivity contribution in [2.45, 2.75) is 12.8 Å². The monoisotopic (exact) mass is 365 g/mol. The number of hydrogen-bond donors (Lipinski definition) is 2. The number of rotatable bonds is 7. The lowest BCUT2D eigenvalue weighted by Gasteiger charge is -2.09. The van der Waals surface area contributed by atoms with Crippen LogP contribution in [0.5, 0.6) is 5.75 Å². The lowest BCUT2D eigenvalue weighted by Crippen LogP contribution is -2.15. The number of hydrogen-bond acceptors (Lipinski definition) is 4. The summed E-state index contributed by atoms with van der Waals surface area (Å²) in [6.45, 7) is 0. The fourth-order valence-corrected chi connectivity index (χ4v) is 2.71. The van der Waals surface area contributed by atoms with Crippen molar-refractivity contribution < 1.29 is 19.4 Å². The smallest absolute Gasteiger partial charge is 0.339 e. The van der Waals surface area contributed by atoms with Crippen LogP contribution in [0.1, 0.15) is 22.5 Å². The molecule has 0 atom stereocenters. The second-order valence-electron chi connectivity index (χ2n) is 5.83. The van der Waals surface area contributed by atoms with E-state index in [0.29, 0.717) is 17.1 Å². The minimum Gasteiger partial charge on any atom is -0.497 e. The Morgan fingerprint density at radius 3 is 2.44 bits per heavy atom. The van der Waals surface area contributed by atoms with Gasteiger partial charge in [-0.3, -0.25) is 4.79 Å². The number of carboxylic acid groups (broad SMARTS) is 1. The molecule has 0 unspecified atom stereocenters. The molecule has 27 heavy (non-hydrogen) atoms. The van der Waals surface area contributed by atoms with Gasteiger partial charge >= 0.3 is 5.97 Å². The van der Waals surface area contributed by atoms with Gasteiger partial charge in [0.1, 0.15) is 11.3 Å². The second kappa shape index (κ2) is 8.18. The standard InChI is InChI=1S/C20H19N3O4/c1-27-16-9-7-14(8-10-16)22-19(24)12-11-18-17(20(25)26)13-21-23(18)15-5-3-2-4-6-15/h2-10,13H,11-12H2,1H3,(H,22,24)(H,25,26). The molecule has 0 radical (unpaired) electrons. The topological polar surface area (TPSA) is 93.4 Å². The molecular weight excluding hydrogens is 346 g/mol. The summed E-state index contributed by atoms with van der Waals surface area (Å²) >= 11 is 0. The normalized spacial score (nSPS) is 10.4. The van der Waals surface area contributed by atoms with Gasteiger partial charge in [0.25, 0.3) is 0 Å². The molecule has 0 spiro atoms. The van der Waals surface area contributed by atoms with Gasteiger partial charge < -0.3 is 15.2 Å². The van der Waals surface area contributed by atoms with E-state index in [-0.39, 0.29) is 24.3 Å². The molecule has 0 saturated carbocycles. The van der Waals surface area contributed by atoms with Crippen LogP contribution in [0.3, 0.4) is 0 Å². The van der Waals surface area contributed by atoms with Crippen LogP contribution in [0.25, 0.3) is 5.69 Å². The van der Waals surface area contributed by atoms with Crippen molar-refractivity contribution in [1.29, 1.82) is 0 Å². The lowest BCUT2D eigenvalue weighted by atomic mass is 10.1. The quantitative estimate of drug-likeness (QED) is 0.671. The Morgan fingerprint density at radius 1 is 1.11 bits per heavy atom. The van der Waals surface area contributed by atoms with Crippen molar-refractivity contribution in [3.8, 4) is 11.4 Å². The Morgan fingerprint density at radius 2 is 1.81 bits per heavy atom. The van der Waals surface area contributed by atoms with Crippen LogP contribution in [0.2, 0.25) is 0 Å². The number of nitrogens with zero attached hydrogens (tertiary/aromatic N) is 2. The first-order chi connectivity index (χ1) is 13.1. The molecule has 1 heterocycles. The third-order valence-corrected chi connectivity index (χ3v) is 4.06. The van der Waals surface area contributed by atoms with Crippen molar-refractivity contribution in [3.05, 3.63) is 72.1 Å². The molecule has 0 aliphatic rings. The van der Waals surface area contributed by atoms with E-state index in [0.717, 1.165) is 5.69 Å². The fourth-order valence-electron chi connectivity index (χ4n) is 2.71. The first kappa shape index (κ1) is 18.2. The summed E-state index contributed by atoms with van der Waals surface area (Å²) in [7, 11) is 1.57. The van der Waals surface area contributed by atoms with Crippen molar-refractivity contribution in [2.75, 3.05) is 12.4 Å². The fraction of sp³-hybridized carbons (Fsp3) is 0.150. The Kier molecular flexibility index (Phi) is 5.51. The van der Waals surface area contributed by atoms with Crippen molar-refractivity contribution in [3.63, 3.8) is 0 Å². The van der Waals surface area contributed by atoms with Crippen LogP contribution >= 0.6 is 0 Å². The van der Waals surface area contributed by atoms with Gasteiger partial charge in [-0.15, -0.1) is 0 Å². The zero-order valence-electron chi connectivity index (χ0n) is 14.8. The van der Waals surface area contributed by atoms with Crippen LogP contribution < -0.4 is 10.1 Å². The third kappa shape index (κ3) is 4.33. The Hall–Kier alpha value is -3.61. The Labute approximate surface area is 156 Å². The maximum Gasteiger partial charge on any atom is 0.339 e. The molecule has 3 aromatic rings. The minimum absolute atomic E-state index is 0.0936. The van der Waals surface area contributed by atoms with Gasteiger partial charge in [-0.1, -0.05) is 18.2 Å². The second-order valence-corrected chi connectivity index (χ2v) is 5.83. The van der Waals surface area contributed by atoms with Crippen molar-refractivity contribution in [1.82, 2.24) is 9.78 Å². The summed E-state index contributed by atoms with van der Waals surface area (Å²) in [5.74, 6) is -0.578. The number of anilines is 1. The molecule has 138 valence electrons. The summed E-state index contributed by atoms with van der Waals surface area (Å²) in [4.78, 5) is 23.8. The molecule has 1 amide bonds. The van der Waals surface area contributed by atoms with Gasteiger partial charge in [-0.2, -0.15) is 5.10 Å². The number of benzene rings is 2. The van der Waals surface area contributed by atoms with E-state index in [2.05, 4.69) is 10.4 Å². The molecular formula is C20H19N3O4. The molecule has 2 N–H and O–H groups in total. The molecule has 0 aliphatic carbocycles. The molecule has 7 heteroatoms. The summed E-state index contributed by atoms with van der Waals surface area (Å²) in [6, 6.07) is 16.2. The van der Waals surface area contributed by atoms with Gasteiger partial charge in [-0.05, 0) is 42.8 Å². The van der Waals surface area contributed by atoms with E-state index in [1.54, 1.807) is 36.1 Å². The lowest BCUT2D eigenvalue weighted by molar-refractivity contribution is -0.116. The highest BCUT2D eigenvalue weighted by Crippen LogP contribution is 2.18. The van der Waals surface area contributed by atoms with E-state index in [4.69, 9.17) is 4.74 Å². The zero-order valence-corrected chi connectivity index (χ0v) is 14.8. The van der Waals surface area contributed by atoms with Gasteiger partial charge in [0.05, 0.1) is 24.7 Å². The summed E-state index contributed by atoms with van der Waals surface area (Å²) in [5.41, 5.74) is 1.97. The SMILES string of the molecule is COc1ccc(NC(=O)CCc2c(C(=O)O)cnn2-c2ccccc2)cc1. The highest BCUT2D eigenvalue weighted by atomic mass is 16.5. The average Bonchev–Trinajstić information content (AvgIpc) is 3.12. The zero-order chi connectivity index (χ0) is 19.2. The van der Waals surface area contributed by atoms with E-state index < -0.39 is 5.97 Å². The van der Waals surface area contributed by atoms with Crippen LogP contribution in [-0.4, -0.2) is 33.9 Å². The maximum absolute atomic E-state index is 12.3. The predicted octanol–water partition coefficient (Wildman–Crippen LogP) is 3.15. The molecule has 0 bridgehead atoms. The van der Waals surface area contributed by atoms with Crippen molar-refractivity contribution in [2.24, 2.45) is 0 Å². The van der Waals surface area contributed by atoms with Crippen LogP contribution in [-0.2, 0) is 11.2 Å². The van der Waals surface area contributed by atoms with Crippen molar-refractivity contribution >= 4 is 17.6 Å².